The molecule has 1 amide bonds. The van der Waals surface area contributed by atoms with Gasteiger partial charge >= 0.3 is 0 Å². The number of nitrogens with two attached hydrogens (primary N) is 1. The summed E-state index contributed by atoms with van der Waals surface area (Å²) in [7, 11) is 0. The number of hydrogen-bond acceptors (Lipinski definition) is 2. The van der Waals surface area contributed by atoms with Crippen molar-refractivity contribution < 1.29 is 9.18 Å². The Hall–Kier alpha value is -2.07. The third-order valence-electron chi connectivity index (χ3n) is 2.99. The molecule has 0 heterocycles. The standard InChI is InChI=1S/C15H14ClFN2O/c1-9(10-3-2-4-12(18)7-10)15(20)19-14-6-5-11(17)8-13(14)16/h2-9H,18H2,1H3,(H,19,20). The van der Waals surface area contributed by atoms with Gasteiger partial charge in [0.25, 0.3) is 0 Å². The van der Waals surface area contributed by atoms with Crippen LogP contribution in [0.15, 0.2) is 42.5 Å². The Labute approximate surface area is 121 Å². The third-order valence-corrected chi connectivity index (χ3v) is 3.31. The molecule has 0 spiro atoms. The molecule has 0 aliphatic heterocycles. The summed E-state index contributed by atoms with van der Waals surface area (Å²) in [5.74, 6) is -1.07. The Balaban J connectivity index is 2.15. The Morgan fingerprint density at radius 1 is 1.30 bits per heavy atom. The van der Waals surface area contributed by atoms with Crippen molar-refractivity contribution in [2.24, 2.45) is 0 Å². The van der Waals surface area contributed by atoms with Gasteiger partial charge in [0.15, 0.2) is 0 Å². The number of carbonyl (C=O) groups excluding carboxylic acids is 1. The van der Waals surface area contributed by atoms with Crippen molar-refractivity contribution >= 4 is 28.9 Å². The molecular weight excluding hydrogens is 279 g/mol. The van der Waals surface area contributed by atoms with E-state index in [1.807, 2.05) is 6.07 Å². The van der Waals surface area contributed by atoms with E-state index in [1.54, 1.807) is 25.1 Å². The van der Waals surface area contributed by atoms with Gasteiger partial charge in [0.1, 0.15) is 5.82 Å². The second-order valence-corrected chi connectivity index (χ2v) is 4.91. The number of benzene rings is 2. The molecule has 104 valence electrons. The van der Waals surface area contributed by atoms with E-state index in [0.717, 1.165) is 11.6 Å². The van der Waals surface area contributed by atoms with Crippen LogP contribution in [0.1, 0.15) is 18.4 Å². The van der Waals surface area contributed by atoms with E-state index in [1.165, 1.54) is 12.1 Å². The molecule has 5 heteroatoms. The van der Waals surface area contributed by atoms with Gasteiger partial charge in [-0.05, 0) is 42.8 Å². The maximum atomic E-state index is 12.9. The van der Waals surface area contributed by atoms with E-state index >= 15 is 0 Å². The molecule has 1 unspecified atom stereocenters. The van der Waals surface area contributed by atoms with Gasteiger partial charge < -0.3 is 11.1 Å². The molecule has 0 saturated heterocycles. The first-order valence-corrected chi connectivity index (χ1v) is 6.46. The largest absolute Gasteiger partial charge is 0.399 e. The molecule has 20 heavy (non-hydrogen) atoms. The summed E-state index contributed by atoms with van der Waals surface area (Å²) in [5, 5.41) is 2.84. The Kier molecular flexibility index (Phi) is 4.25. The molecular formula is C15H14ClFN2O. The Morgan fingerprint density at radius 2 is 2.05 bits per heavy atom. The summed E-state index contributed by atoms with van der Waals surface area (Å²) in [6, 6.07) is 10.9. The molecule has 0 bridgehead atoms. The fourth-order valence-electron chi connectivity index (χ4n) is 1.81. The van der Waals surface area contributed by atoms with Gasteiger partial charge in [-0.25, -0.2) is 4.39 Å². The van der Waals surface area contributed by atoms with Gasteiger partial charge in [-0.2, -0.15) is 0 Å². The first-order valence-electron chi connectivity index (χ1n) is 6.08. The summed E-state index contributed by atoms with van der Waals surface area (Å²) in [5.41, 5.74) is 7.48. The fourth-order valence-corrected chi connectivity index (χ4v) is 2.03. The number of hydrogen-bond donors (Lipinski definition) is 2. The highest BCUT2D eigenvalue weighted by Crippen LogP contribution is 2.25. The van der Waals surface area contributed by atoms with Crippen LogP contribution in [0.2, 0.25) is 5.02 Å². The zero-order valence-electron chi connectivity index (χ0n) is 10.9. The normalized spacial score (nSPS) is 11.9. The highest BCUT2D eigenvalue weighted by atomic mass is 35.5. The van der Waals surface area contributed by atoms with Crippen molar-refractivity contribution in [1.82, 2.24) is 0 Å². The van der Waals surface area contributed by atoms with Gasteiger partial charge in [0.05, 0.1) is 16.6 Å². The highest BCUT2D eigenvalue weighted by Gasteiger charge is 2.16. The van der Waals surface area contributed by atoms with Crippen molar-refractivity contribution in [2.75, 3.05) is 11.1 Å². The van der Waals surface area contributed by atoms with E-state index in [0.29, 0.717) is 11.4 Å². The highest BCUT2D eigenvalue weighted by molar-refractivity contribution is 6.33. The van der Waals surface area contributed by atoms with Crippen LogP contribution in [0.3, 0.4) is 0 Å². The maximum Gasteiger partial charge on any atom is 0.231 e. The van der Waals surface area contributed by atoms with Crippen LogP contribution in [-0.4, -0.2) is 5.91 Å². The first-order chi connectivity index (χ1) is 9.47. The van der Waals surface area contributed by atoms with Crippen molar-refractivity contribution in [3.63, 3.8) is 0 Å². The minimum Gasteiger partial charge on any atom is -0.399 e. The van der Waals surface area contributed by atoms with Gasteiger partial charge in [-0.3, -0.25) is 4.79 Å². The van der Waals surface area contributed by atoms with Gasteiger partial charge in [0.2, 0.25) is 5.91 Å². The number of rotatable bonds is 3. The van der Waals surface area contributed by atoms with Crippen LogP contribution in [0.5, 0.6) is 0 Å². The molecule has 0 aliphatic carbocycles. The molecule has 2 rings (SSSR count). The molecule has 1 atom stereocenters. The number of carbonyl (C=O) groups is 1. The summed E-state index contributed by atoms with van der Waals surface area (Å²) in [4.78, 5) is 12.2. The Morgan fingerprint density at radius 3 is 2.70 bits per heavy atom. The average Bonchev–Trinajstić information content (AvgIpc) is 2.41. The predicted octanol–water partition coefficient (Wildman–Crippen LogP) is 3.80. The van der Waals surface area contributed by atoms with Crippen molar-refractivity contribution in [2.45, 2.75) is 12.8 Å². The zero-order valence-corrected chi connectivity index (χ0v) is 11.6. The minimum atomic E-state index is -0.447. The zero-order chi connectivity index (χ0) is 14.7. The smallest absolute Gasteiger partial charge is 0.231 e. The molecule has 0 aromatic heterocycles. The van der Waals surface area contributed by atoms with Crippen LogP contribution in [-0.2, 0) is 4.79 Å². The fraction of sp³-hybridized carbons (Fsp3) is 0.133. The first kappa shape index (κ1) is 14.3. The summed E-state index contributed by atoms with van der Waals surface area (Å²) in [6.07, 6.45) is 0. The van der Waals surface area contributed by atoms with E-state index in [2.05, 4.69) is 5.32 Å². The van der Waals surface area contributed by atoms with Gasteiger partial charge in [-0.1, -0.05) is 23.7 Å². The number of nitrogens with one attached hydrogen (secondary N) is 1. The van der Waals surface area contributed by atoms with Gasteiger partial charge in [0, 0.05) is 5.69 Å². The number of halogens is 2. The molecule has 0 aliphatic rings. The van der Waals surface area contributed by atoms with Crippen LogP contribution >= 0.6 is 11.6 Å². The summed E-state index contributed by atoms with van der Waals surface area (Å²) in [6.45, 7) is 1.77. The van der Waals surface area contributed by atoms with E-state index in [-0.39, 0.29) is 16.8 Å². The van der Waals surface area contributed by atoms with Crippen LogP contribution in [0.4, 0.5) is 15.8 Å². The predicted molar refractivity (Wildman–Crippen MR) is 79.3 cm³/mol. The quantitative estimate of drug-likeness (QED) is 0.845. The van der Waals surface area contributed by atoms with Crippen molar-refractivity contribution in [3.05, 3.63) is 58.9 Å². The van der Waals surface area contributed by atoms with Gasteiger partial charge in [-0.15, -0.1) is 0 Å². The van der Waals surface area contributed by atoms with Crippen molar-refractivity contribution in [3.8, 4) is 0 Å². The van der Waals surface area contributed by atoms with E-state index in [9.17, 15) is 9.18 Å². The lowest BCUT2D eigenvalue weighted by Crippen LogP contribution is -2.19. The monoisotopic (exact) mass is 292 g/mol. The summed E-state index contributed by atoms with van der Waals surface area (Å²) < 4.78 is 12.9. The number of anilines is 2. The molecule has 2 aromatic rings. The Bertz CT molecular complexity index is 646. The minimum absolute atomic E-state index is 0.165. The molecule has 3 N–H and O–H groups in total. The second kappa shape index (κ2) is 5.92. The molecule has 2 aromatic carbocycles. The molecule has 0 saturated carbocycles. The maximum absolute atomic E-state index is 12.9. The topological polar surface area (TPSA) is 55.1 Å². The molecule has 0 radical (unpaired) electrons. The summed E-state index contributed by atoms with van der Waals surface area (Å²) >= 11 is 5.87. The molecule has 0 fully saturated rings. The lowest BCUT2D eigenvalue weighted by atomic mass is 10.00. The van der Waals surface area contributed by atoms with E-state index < -0.39 is 5.82 Å². The van der Waals surface area contributed by atoms with Crippen LogP contribution < -0.4 is 11.1 Å². The van der Waals surface area contributed by atoms with Crippen LogP contribution in [0, 0.1) is 5.82 Å². The lowest BCUT2D eigenvalue weighted by molar-refractivity contribution is -0.117. The van der Waals surface area contributed by atoms with Crippen molar-refractivity contribution in [1.29, 1.82) is 0 Å². The number of nitrogen functional groups attached to an aromatic ring is 1. The third kappa shape index (κ3) is 3.27. The second-order valence-electron chi connectivity index (χ2n) is 4.51. The number of amides is 1. The lowest BCUT2D eigenvalue weighted by Gasteiger charge is -2.14. The van der Waals surface area contributed by atoms with E-state index in [4.69, 9.17) is 17.3 Å². The SMILES string of the molecule is CC(C(=O)Nc1ccc(F)cc1Cl)c1cccc(N)c1. The molecule has 3 nitrogen and oxygen atoms in total. The average molecular weight is 293 g/mol. The van der Waals surface area contributed by atoms with Crippen LogP contribution in [0.25, 0.3) is 0 Å².